The molecule has 0 aliphatic rings. The van der Waals surface area contributed by atoms with Crippen molar-refractivity contribution in [1.82, 2.24) is 0 Å². The summed E-state index contributed by atoms with van der Waals surface area (Å²) in [5.74, 6) is -2.11. The molecule has 0 spiro atoms. The zero-order valence-electron chi connectivity index (χ0n) is 11.7. The number of halogens is 1. The summed E-state index contributed by atoms with van der Waals surface area (Å²) in [5.41, 5.74) is 0.326. The first-order valence-corrected chi connectivity index (χ1v) is 7.30. The normalized spacial score (nSPS) is 10.3. The first-order chi connectivity index (χ1) is 10.5. The molecule has 0 atom stereocenters. The second-order valence-corrected chi connectivity index (χ2v) is 5.41. The fraction of sp³-hybridized carbons (Fsp3) is 0.125. The summed E-state index contributed by atoms with van der Waals surface area (Å²) in [5, 5.41) is 8.83. The van der Waals surface area contributed by atoms with Crippen molar-refractivity contribution in [1.29, 1.82) is 0 Å². The van der Waals surface area contributed by atoms with Crippen LogP contribution in [0, 0.1) is 5.82 Å². The van der Waals surface area contributed by atoms with Crippen molar-refractivity contribution >= 4 is 23.7 Å². The van der Waals surface area contributed by atoms with E-state index in [-0.39, 0.29) is 17.7 Å². The zero-order valence-corrected chi connectivity index (χ0v) is 12.5. The van der Waals surface area contributed by atoms with Crippen LogP contribution >= 0.6 is 11.8 Å². The number of esters is 1. The molecule has 1 N–H and O–H groups in total. The van der Waals surface area contributed by atoms with E-state index in [1.54, 1.807) is 19.1 Å². The van der Waals surface area contributed by atoms with Crippen LogP contribution in [0.2, 0.25) is 0 Å². The Balaban J connectivity index is 2.16. The number of carboxylic acid groups (broad SMARTS) is 1. The van der Waals surface area contributed by atoms with Crippen molar-refractivity contribution in [3.8, 4) is 0 Å². The Morgan fingerprint density at radius 2 is 1.77 bits per heavy atom. The van der Waals surface area contributed by atoms with Crippen molar-refractivity contribution in [2.45, 2.75) is 16.7 Å². The molecule has 0 aliphatic carbocycles. The highest BCUT2D eigenvalue weighted by atomic mass is 32.2. The Labute approximate surface area is 130 Å². The average Bonchev–Trinajstić information content (AvgIpc) is 2.50. The monoisotopic (exact) mass is 320 g/mol. The van der Waals surface area contributed by atoms with Gasteiger partial charge in [0.05, 0.1) is 17.7 Å². The number of aromatic carboxylic acids is 1. The van der Waals surface area contributed by atoms with Gasteiger partial charge in [0, 0.05) is 9.79 Å². The summed E-state index contributed by atoms with van der Waals surface area (Å²) in [7, 11) is 0. The third kappa shape index (κ3) is 3.85. The highest BCUT2D eigenvalue weighted by Crippen LogP contribution is 2.30. The molecule has 0 radical (unpaired) electrons. The van der Waals surface area contributed by atoms with Gasteiger partial charge in [-0.2, -0.15) is 0 Å². The minimum Gasteiger partial charge on any atom is -0.478 e. The fourth-order valence-corrected chi connectivity index (χ4v) is 2.54. The van der Waals surface area contributed by atoms with E-state index in [0.29, 0.717) is 9.79 Å². The van der Waals surface area contributed by atoms with Gasteiger partial charge in [-0.3, -0.25) is 0 Å². The molecule has 0 amide bonds. The van der Waals surface area contributed by atoms with Crippen LogP contribution in [0.1, 0.15) is 27.6 Å². The van der Waals surface area contributed by atoms with Crippen molar-refractivity contribution in [2.75, 3.05) is 6.61 Å². The molecule has 0 fully saturated rings. The minimum atomic E-state index is -1.01. The van der Waals surface area contributed by atoms with Crippen molar-refractivity contribution in [3.05, 3.63) is 59.4 Å². The minimum absolute atomic E-state index is 0.157. The maximum absolute atomic E-state index is 14.0. The van der Waals surface area contributed by atoms with E-state index >= 15 is 0 Å². The van der Waals surface area contributed by atoms with E-state index < -0.39 is 17.8 Å². The maximum atomic E-state index is 14.0. The number of hydrogen-bond donors (Lipinski definition) is 1. The van der Waals surface area contributed by atoms with Crippen LogP contribution in [0.4, 0.5) is 4.39 Å². The third-order valence-electron chi connectivity index (χ3n) is 2.77. The lowest BCUT2D eigenvalue weighted by Crippen LogP contribution is -2.05. The highest BCUT2D eigenvalue weighted by molar-refractivity contribution is 7.99. The van der Waals surface area contributed by atoms with E-state index in [4.69, 9.17) is 9.84 Å². The molecule has 0 heterocycles. The van der Waals surface area contributed by atoms with Crippen LogP contribution < -0.4 is 0 Å². The summed E-state index contributed by atoms with van der Waals surface area (Å²) >= 11 is 1.15. The number of hydrogen-bond acceptors (Lipinski definition) is 4. The van der Waals surface area contributed by atoms with Crippen LogP contribution in [0.25, 0.3) is 0 Å². The Bertz CT molecular complexity index is 698. The van der Waals surface area contributed by atoms with E-state index in [0.717, 1.165) is 17.8 Å². The molecule has 0 bridgehead atoms. The van der Waals surface area contributed by atoms with Crippen LogP contribution in [0.5, 0.6) is 0 Å². The molecular weight excluding hydrogens is 307 g/mol. The summed E-state index contributed by atoms with van der Waals surface area (Å²) in [6.45, 7) is 1.91. The number of benzene rings is 2. The number of carbonyl (C=O) groups is 2. The third-order valence-corrected chi connectivity index (χ3v) is 3.83. The van der Waals surface area contributed by atoms with Gasteiger partial charge >= 0.3 is 11.9 Å². The Morgan fingerprint density at radius 3 is 2.32 bits per heavy atom. The predicted molar refractivity (Wildman–Crippen MR) is 79.9 cm³/mol. The van der Waals surface area contributed by atoms with Gasteiger partial charge in [-0.1, -0.05) is 11.8 Å². The summed E-state index contributed by atoms with van der Waals surface area (Å²) in [6, 6.07) is 10.2. The largest absolute Gasteiger partial charge is 0.478 e. The van der Waals surface area contributed by atoms with Crippen LogP contribution in [0.3, 0.4) is 0 Å². The summed E-state index contributed by atoms with van der Waals surface area (Å²) in [4.78, 5) is 23.3. The molecule has 0 saturated carbocycles. The number of carboxylic acids is 1. The quantitative estimate of drug-likeness (QED) is 0.848. The van der Waals surface area contributed by atoms with Crippen LogP contribution in [-0.4, -0.2) is 23.7 Å². The smallest absolute Gasteiger partial charge is 0.338 e. The van der Waals surface area contributed by atoms with Crippen molar-refractivity contribution in [3.63, 3.8) is 0 Å². The first kappa shape index (κ1) is 16.0. The molecule has 0 unspecified atom stereocenters. The zero-order chi connectivity index (χ0) is 16.1. The molecule has 2 rings (SSSR count). The highest BCUT2D eigenvalue weighted by Gasteiger charge is 2.11. The Hall–Kier alpha value is -2.34. The molecule has 0 aromatic heterocycles. The lowest BCUT2D eigenvalue weighted by Gasteiger charge is -2.06. The number of ether oxygens (including phenoxy) is 1. The molecule has 114 valence electrons. The molecule has 6 heteroatoms. The van der Waals surface area contributed by atoms with Gasteiger partial charge in [0.2, 0.25) is 0 Å². The van der Waals surface area contributed by atoms with Gasteiger partial charge in [0.1, 0.15) is 5.82 Å². The van der Waals surface area contributed by atoms with E-state index in [1.807, 2.05) is 0 Å². The fourth-order valence-electron chi connectivity index (χ4n) is 1.72. The van der Waals surface area contributed by atoms with Crippen LogP contribution in [-0.2, 0) is 4.74 Å². The Morgan fingerprint density at radius 1 is 1.14 bits per heavy atom. The maximum Gasteiger partial charge on any atom is 0.338 e. The molecule has 4 nitrogen and oxygen atoms in total. The summed E-state index contributed by atoms with van der Waals surface area (Å²) < 4.78 is 18.8. The second-order valence-electron chi connectivity index (χ2n) is 4.30. The topological polar surface area (TPSA) is 63.6 Å². The van der Waals surface area contributed by atoms with Gasteiger partial charge in [-0.25, -0.2) is 14.0 Å². The van der Waals surface area contributed by atoms with Crippen molar-refractivity contribution < 1.29 is 23.8 Å². The van der Waals surface area contributed by atoms with E-state index in [9.17, 15) is 14.0 Å². The molecule has 2 aromatic rings. The lowest BCUT2D eigenvalue weighted by molar-refractivity contribution is 0.0525. The van der Waals surface area contributed by atoms with Gasteiger partial charge in [-0.05, 0) is 49.4 Å². The molecule has 0 aliphatic heterocycles. The number of carbonyl (C=O) groups excluding carboxylic acids is 1. The first-order valence-electron chi connectivity index (χ1n) is 6.49. The van der Waals surface area contributed by atoms with Crippen LogP contribution in [0.15, 0.2) is 52.3 Å². The van der Waals surface area contributed by atoms with Gasteiger partial charge in [-0.15, -0.1) is 0 Å². The van der Waals surface area contributed by atoms with E-state index in [1.165, 1.54) is 24.3 Å². The SMILES string of the molecule is CCOC(=O)c1ccc(Sc2ccc(C(=O)O)cc2)c(F)c1. The summed E-state index contributed by atoms with van der Waals surface area (Å²) in [6.07, 6.45) is 0. The lowest BCUT2D eigenvalue weighted by atomic mass is 10.2. The standard InChI is InChI=1S/C16H13FO4S/c1-2-21-16(20)11-5-8-14(13(17)9-11)22-12-6-3-10(4-7-12)15(18)19/h3-9H,2H2,1H3,(H,18,19). The number of rotatable bonds is 5. The van der Waals surface area contributed by atoms with Gasteiger partial charge in [0.15, 0.2) is 0 Å². The average molecular weight is 320 g/mol. The molecular formula is C16H13FO4S. The second kappa shape index (κ2) is 7.09. The predicted octanol–water partition coefficient (Wildman–Crippen LogP) is 3.85. The molecule has 2 aromatic carbocycles. The van der Waals surface area contributed by atoms with Gasteiger partial charge in [0.25, 0.3) is 0 Å². The Kier molecular flexibility index (Phi) is 5.16. The molecule has 0 saturated heterocycles. The van der Waals surface area contributed by atoms with Crippen molar-refractivity contribution in [2.24, 2.45) is 0 Å². The van der Waals surface area contributed by atoms with E-state index in [2.05, 4.69) is 0 Å². The van der Waals surface area contributed by atoms with Gasteiger partial charge < -0.3 is 9.84 Å². The molecule has 22 heavy (non-hydrogen) atoms.